The van der Waals surface area contributed by atoms with Crippen LogP contribution in [0.15, 0.2) is 65.8 Å². The molecule has 0 atom stereocenters. The third-order valence-electron chi connectivity index (χ3n) is 4.04. The number of para-hydroxylation sites is 1. The van der Waals surface area contributed by atoms with Gasteiger partial charge in [0.2, 0.25) is 0 Å². The van der Waals surface area contributed by atoms with E-state index < -0.39 is 11.7 Å². The normalized spacial score (nSPS) is 12.3. The first kappa shape index (κ1) is 17.8. The predicted octanol–water partition coefficient (Wildman–Crippen LogP) is 5.70. The number of halogens is 3. The van der Waals surface area contributed by atoms with Crippen LogP contribution in [-0.2, 0) is 6.18 Å². The molecule has 0 aliphatic carbocycles. The topological polar surface area (TPSA) is 33.6 Å². The molecule has 6 heteroatoms. The fraction of sp³-hybridized carbons (Fsp3) is 0.150. The Morgan fingerprint density at radius 1 is 0.962 bits per heavy atom. The minimum atomic E-state index is -4.44. The van der Waals surface area contributed by atoms with Gasteiger partial charge in [0.15, 0.2) is 0 Å². The first-order valence-corrected chi connectivity index (χ1v) is 7.93. The van der Waals surface area contributed by atoms with Crippen molar-refractivity contribution >= 4 is 22.2 Å². The van der Waals surface area contributed by atoms with E-state index in [-0.39, 0.29) is 5.69 Å². The van der Waals surface area contributed by atoms with E-state index in [4.69, 9.17) is 4.74 Å². The molecular weight excluding hydrogens is 341 g/mol. The maximum absolute atomic E-state index is 13.0. The molecular formula is C20H17F3N2O. The second-order valence-corrected chi connectivity index (χ2v) is 5.78. The maximum atomic E-state index is 13.0. The SMILES string of the molecule is COc1ccc2cc(/C(C)=N/Nc3ccccc3C(F)(F)F)ccc2c1. The molecule has 26 heavy (non-hydrogen) atoms. The number of fused-ring (bicyclic) bond motifs is 1. The largest absolute Gasteiger partial charge is 0.497 e. The number of hydrogen-bond donors (Lipinski definition) is 1. The molecule has 0 saturated carbocycles. The number of nitrogens with zero attached hydrogens (tertiary/aromatic N) is 1. The second kappa shape index (κ2) is 7.07. The van der Waals surface area contributed by atoms with Crippen LogP contribution in [0.4, 0.5) is 18.9 Å². The van der Waals surface area contributed by atoms with Crippen molar-refractivity contribution in [3.63, 3.8) is 0 Å². The van der Waals surface area contributed by atoms with Crippen LogP contribution in [0.1, 0.15) is 18.1 Å². The molecule has 0 unspecified atom stereocenters. The van der Waals surface area contributed by atoms with Crippen LogP contribution < -0.4 is 10.2 Å². The molecule has 0 fully saturated rings. The summed E-state index contributed by atoms with van der Waals surface area (Å²) in [6, 6.07) is 16.7. The van der Waals surface area contributed by atoms with Crippen molar-refractivity contribution in [1.82, 2.24) is 0 Å². The summed E-state index contributed by atoms with van der Waals surface area (Å²) in [5, 5.41) is 6.13. The highest BCUT2D eigenvalue weighted by molar-refractivity contribution is 6.02. The van der Waals surface area contributed by atoms with Gasteiger partial charge in [0.05, 0.1) is 24.1 Å². The van der Waals surface area contributed by atoms with E-state index in [9.17, 15) is 13.2 Å². The summed E-state index contributed by atoms with van der Waals surface area (Å²) >= 11 is 0. The molecule has 0 aliphatic heterocycles. The zero-order valence-electron chi connectivity index (χ0n) is 14.3. The number of hydrazone groups is 1. The minimum Gasteiger partial charge on any atom is -0.497 e. The van der Waals surface area contributed by atoms with Gasteiger partial charge in [0.25, 0.3) is 0 Å². The lowest BCUT2D eigenvalue weighted by Gasteiger charge is -2.12. The number of methoxy groups -OCH3 is 1. The smallest absolute Gasteiger partial charge is 0.418 e. The zero-order valence-corrected chi connectivity index (χ0v) is 14.3. The van der Waals surface area contributed by atoms with Gasteiger partial charge in [-0.05, 0) is 53.6 Å². The number of alkyl halides is 3. The Kier molecular flexibility index (Phi) is 4.84. The number of benzene rings is 3. The summed E-state index contributed by atoms with van der Waals surface area (Å²) in [4.78, 5) is 0. The Morgan fingerprint density at radius 3 is 2.38 bits per heavy atom. The quantitative estimate of drug-likeness (QED) is 0.479. The Hall–Kier alpha value is -3.02. The highest BCUT2D eigenvalue weighted by Gasteiger charge is 2.33. The highest BCUT2D eigenvalue weighted by Crippen LogP contribution is 2.34. The average Bonchev–Trinajstić information content (AvgIpc) is 2.64. The molecule has 0 bridgehead atoms. The Balaban J connectivity index is 1.88. The van der Waals surface area contributed by atoms with Crippen LogP contribution in [0.25, 0.3) is 10.8 Å². The van der Waals surface area contributed by atoms with Crippen LogP contribution in [0.2, 0.25) is 0 Å². The van der Waals surface area contributed by atoms with Crippen LogP contribution in [0.3, 0.4) is 0 Å². The van der Waals surface area contributed by atoms with Crippen molar-refractivity contribution in [2.24, 2.45) is 5.10 Å². The molecule has 0 spiro atoms. The molecule has 0 aromatic heterocycles. The van der Waals surface area contributed by atoms with E-state index in [1.807, 2.05) is 36.4 Å². The maximum Gasteiger partial charge on any atom is 0.418 e. The lowest BCUT2D eigenvalue weighted by Crippen LogP contribution is -2.09. The van der Waals surface area contributed by atoms with Crippen LogP contribution in [-0.4, -0.2) is 12.8 Å². The third kappa shape index (κ3) is 3.79. The molecule has 0 aliphatic rings. The number of hydrogen-bond acceptors (Lipinski definition) is 3. The first-order chi connectivity index (χ1) is 12.4. The van der Waals surface area contributed by atoms with E-state index in [0.29, 0.717) is 5.71 Å². The van der Waals surface area contributed by atoms with Gasteiger partial charge in [0, 0.05) is 0 Å². The molecule has 3 rings (SSSR count). The van der Waals surface area contributed by atoms with Gasteiger partial charge in [-0.15, -0.1) is 0 Å². The van der Waals surface area contributed by atoms with Crippen molar-refractivity contribution in [2.45, 2.75) is 13.1 Å². The molecule has 0 amide bonds. The van der Waals surface area contributed by atoms with Gasteiger partial charge in [-0.25, -0.2) is 0 Å². The van der Waals surface area contributed by atoms with Gasteiger partial charge < -0.3 is 4.74 Å². The standard InChI is InChI=1S/C20H17F3N2O/c1-13(24-25-19-6-4-3-5-18(19)20(21,22)23)14-7-8-16-12-17(26-2)10-9-15(16)11-14/h3-12,25H,1-2H3/b24-13+. The zero-order chi connectivity index (χ0) is 18.7. The summed E-state index contributed by atoms with van der Waals surface area (Å²) in [7, 11) is 1.61. The Labute approximate surface area is 149 Å². The molecule has 134 valence electrons. The summed E-state index contributed by atoms with van der Waals surface area (Å²) in [5.74, 6) is 0.765. The van der Waals surface area contributed by atoms with Crippen LogP contribution in [0, 0.1) is 0 Å². The number of ether oxygens (including phenoxy) is 1. The van der Waals surface area contributed by atoms with Crippen LogP contribution >= 0.6 is 0 Å². The summed E-state index contributed by atoms with van der Waals surface area (Å²) in [6.07, 6.45) is -4.44. The monoisotopic (exact) mass is 358 g/mol. The van der Waals surface area contributed by atoms with Gasteiger partial charge in [-0.1, -0.05) is 30.3 Å². The summed E-state index contributed by atoms with van der Waals surface area (Å²) in [5.41, 5.74) is 3.11. The van der Waals surface area contributed by atoms with Crippen LogP contribution in [0.5, 0.6) is 5.75 Å². The van der Waals surface area contributed by atoms with E-state index in [1.165, 1.54) is 18.2 Å². The van der Waals surface area contributed by atoms with Gasteiger partial charge in [0.1, 0.15) is 5.75 Å². The predicted molar refractivity (Wildman–Crippen MR) is 97.8 cm³/mol. The summed E-state index contributed by atoms with van der Waals surface area (Å²) < 4.78 is 44.3. The molecule has 3 aromatic carbocycles. The van der Waals surface area contributed by atoms with Crippen molar-refractivity contribution in [2.75, 3.05) is 12.5 Å². The van der Waals surface area contributed by atoms with E-state index >= 15 is 0 Å². The lowest BCUT2D eigenvalue weighted by atomic mass is 10.0. The Morgan fingerprint density at radius 2 is 1.65 bits per heavy atom. The summed E-state index contributed by atoms with van der Waals surface area (Å²) in [6.45, 7) is 1.74. The first-order valence-electron chi connectivity index (χ1n) is 7.93. The van der Waals surface area contributed by atoms with Crippen molar-refractivity contribution < 1.29 is 17.9 Å². The van der Waals surface area contributed by atoms with Crippen molar-refractivity contribution in [1.29, 1.82) is 0 Å². The van der Waals surface area contributed by atoms with Gasteiger partial charge in [-0.2, -0.15) is 18.3 Å². The third-order valence-corrected chi connectivity index (χ3v) is 4.04. The van der Waals surface area contributed by atoms with Gasteiger partial charge >= 0.3 is 6.18 Å². The number of nitrogens with one attached hydrogen (secondary N) is 1. The Bertz CT molecular complexity index is 965. The highest BCUT2D eigenvalue weighted by atomic mass is 19.4. The lowest BCUT2D eigenvalue weighted by molar-refractivity contribution is -0.136. The van der Waals surface area contributed by atoms with E-state index in [1.54, 1.807) is 14.0 Å². The fourth-order valence-corrected chi connectivity index (χ4v) is 2.61. The number of anilines is 1. The molecule has 3 nitrogen and oxygen atoms in total. The van der Waals surface area contributed by atoms with Crippen molar-refractivity contribution in [3.05, 3.63) is 71.8 Å². The molecule has 3 aromatic rings. The molecule has 1 N–H and O–H groups in total. The van der Waals surface area contributed by atoms with E-state index in [0.717, 1.165) is 28.2 Å². The second-order valence-electron chi connectivity index (χ2n) is 5.78. The molecule has 0 saturated heterocycles. The molecule has 0 heterocycles. The van der Waals surface area contributed by atoms with Gasteiger partial charge in [-0.3, -0.25) is 5.43 Å². The number of rotatable bonds is 4. The average molecular weight is 358 g/mol. The van der Waals surface area contributed by atoms with Crippen molar-refractivity contribution in [3.8, 4) is 5.75 Å². The van der Waals surface area contributed by atoms with E-state index in [2.05, 4.69) is 10.5 Å². The molecule has 0 radical (unpaired) electrons. The minimum absolute atomic E-state index is 0.0788. The fourth-order valence-electron chi connectivity index (χ4n) is 2.61.